The van der Waals surface area contributed by atoms with E-state index >= 15 is 0 Å². The summed E-state index contributed by atoms with van der Waals surface area (Å²) < 4.78 is 37.5. The van der Waals surface area contributed by atoms with Crippen molar-refractivity contribution in [3.8, 4) is 0 Å². The summed E-state index contributed by atoms with van der Waals surface area (Å²) >= 11 is 0. The molecule has 1 fully saturated rings. The smallest absolute Gasteiger partial charge is 0.340 e. The van der Waals surface area contributed by atoms with Crippen LogP contribution in [0.2, 0.25) is 0 Å². The van der Waals surface area contributed by atoms with Gasteiger partial charge in [0.25, 0.3) is 5.91 Å². The van der Waals surface area contributed by atoms with E-state index in [1.807, 2.05) is 5.32 Å². The highest BCUT2D eigenvalue weighted by atomic mass is 19.4. The van der Waals surface area contributed by atoms with Gasteiger partial charge in [0.15, 0.2) is 0 Å². The van der Waals surface area contributed by atoms with Gasteiger partial charge in [0, 0.05) is 18.2 Å². The number of carbonyl (C=O) groups is 3. The number of carbonyl (C=O) groups excluding carboxylic acids is 3. The van der Waals surface area contributed by atoms with Gasteiger partial charge in [-0.3, -0.25) is 24.7 Å². The molecule has 1 aliphatic rings. The number of nitrogens with zero attached hydrogens (tertiary/aromatic N) is 1. The number of nitrogens with one attached hydrogen (secondary N) is 2. The van der Waals surface area contributed by atoms with Crippen molar-refractivity contribution in [3.05, 3.63) is 29.6 Å². The number of halogens is 3. The molecule has 1 atom stereocenters. The minimum absolute atomic E-state index is 0.0564. The topological polar surface area (TPSA) is 88.2 Å². The van der Waals surface area contributed by atoms with E-state index in [4.69, 9.17) is 0 Å². The molecular weight excluding hydrogens is 291 g/mol. The van der Waals surface area contributed by atoms with E-state index in [-0.39, 0.29) is 18.4 Å². The molecule has 1 saturated heterocycles. The number of rotatable bonds is 2. The molecule has 9 heteroatoms. The SMILES string of the molecule is O=C1CCC(NC(=O)c2ccnc(C(F)(F)F)c2)C(=O)N1. The molecule has 112 valence electrons. The molecule has 1 unspecified atom stereocenters. The van der Waals surface area contributed by atoms with E-state index < -0.39 is 35.6 Å². The molecule has 1 aromatic heterocycles. The molecule has 2 rings (SSSR count). The zero-order valence-electron chi connectivity index (χ0n) is 10.5. The number of hydrogen-bond acceptors (Lipinski definition) is 4. The Balaban J connectivity index is 2.10. The fraction of sp³-hybridized carbons (Fsp3) is 0.333. The van der Waals surface area contributed by atoms with Crippen LogP contribution >= 0.6 is 0 Å². The number of aromatic nitrogens is 1. The molecule has 0 spiro atoms. The Morgan fingerprint density at radius 2 is 2.10 bits per heavy atom. The molecule has 1 aliphatic heterocycles. The van der Waals surface area contributed by atoms with Gasteiger partial charge >= 0.3 is 6.18 Å². The first-order chi connectivity index (χ1) is 9.77. The summed E-state index contributed by atoms with van der Waals surface area (Å²) in [5.41, 5.74) is -1.46. The monoisotopic (exact) mass is 301 g/mol. The van der Waals surface area contributed by atoms with Crippen LogP contribution in [0.5, 0.6) is 0 Å². The van der Waals surface area contributed by atoms with Gasteiger partial charge in [-0.1, -0.05) is 0 Å². The Hall–Kier alpha value is -2.45. The summed E-state index contributed by atoms with van der Waals surface area (Å²) in [5, 5.41) is 4.32. The van der Waals surface area contributed by atoms with E-state index in [1.165, 1.54) is 0 Å². The molecule has 0 aromatic carbocycles. The Morgan fingerprint density at radius 1 is 1.38 bits per heavy atom. The van der Waals surface area contributed by atoms with Crippen LogP contribution in [0, 0.1) is 0 Å². The quantitative estimate of drug-likeness (QED) is 0.784. The van der Waals surface area contributed by atoms with E-state index in [9.17, 15) is 27.6 Å². The van der Waals surface area contributed by atoms with Gasteiger partial charge in [0.05, 0.1) is 0 Å². The van der Waals surface area contributed by atoms with Crippen LogP contribution < -0.4 is 10.6 Å². The molecule has 0 saturated carbocycles. The number of alkyl halides is 3. The van der Waals surface area contributed by atoms with Crippen molar-refractivity contribution >= 4 is 17.7 Å². The zero-order valence-corrected chi connectivity index (χ0v) is 10.5. The maximum absolute atomic E-state index is 12.5. The molecule has 2 heterocycles. The average Bonchev–Trinajstić information content (AvgIpc) is 2.41. The molecular formula is C12H10F3N3O3. The Morgan fingerprint density at radius 3 is 2.71 bits per heavy atom. The summed E-state index contributed by atoms with van der Waals surface area (Å²) in [6.45, 7) is 0. The number of pyridine rings is 1. The van der Waals surface area contributed by atoms with E-state index in [0.29, 0.717) is 6.07 Å². The third-order valence-corrected chi connectivity index (χ3v) is 2.86. The maximum Gasteiger partial charge on any atom is 0.433 e. The van der Waals surface area contributed by atoms with Crippen LogP contribution in [-0.2, 0) is 15.8 Å². The van der Waals surface area contributed by atoms with Crippen LogP contribution in [0.3, 0.4) is 0 Å². The Kier molecular flexibility index (Phi) is 3.92. The second-order valence-corrected chi connectivity index (χ2v) is 4.40. The van der Waals surface area contributed by atoms with Gasteiger partial charge in [0.2, 0.25) is 11.8 Å². The van der Waals surface area contributed by atoms with Crippen molar-refractivity contribution < 1.29 is 27.6 Å². The Bertz CT molecular complexity index is 601. The summed E-state index contributed by atoms with van der Waals surface area (Å²) in [6, 6.07) is 0.759. The lowest BCUT2D eigenvalue weighted by Crippen LogP contribution is -2.52. The van der Waals surface area contributed by atoms with E-state index in [1.54, 1.807) is 0 Å². The fourth-order valence-corrected chi connectivity index (χ4v) is 1.80. The molecule has 2 N–H and O–H groups in total. The van der Waals surface area contributed by atoms with Crippen molar-refractivity contribution in [1.29, 1.82) is 0 Å². The first kappa shape index (κ1) is 14.9. The van der Waals surface area contributed by atoms with E-state index in [0.717, 1.165) is 12.3 Å². The number of imide groups is 1. The first-order valence-corrected chi connectivity index (χ1v) is 5.95. The van der Waals surface area contributed by atoms with Crippen molar-refractivity contribution in [2.45, 2.75) is 25.1 Å². The van der Waals surface area contributed by atoms with Gasteiger partial charge in [-0.15, -0.1) is 0 Å². The van der Waals surface area contributed by atoms with Gasteiger partial charge in [0.1, 0.15) is 11.7 Å². The summed E-state index contributed by atoms with van der Waals surface area (Å²) in [4.78, 5) is 37.4. The predicted octanol–water partition coefficient (Wildman–Crippen LogP) is 0.635. The largest absolute Gasteiger partial charge is 0.433 e. The minimum Gasteiger partial charge on any atom is -0.340 e. The second kappa shape index (κ2) is 5.51. The molecule has 0 bridgehead atoms. The van der Waals surface area contributed by atoms with Gasteiger partial charge in [-0.2, -0.15) is 13.2 Å². The molecule has 0 aliphatic carbocycles. The number of hydrogen-bond donors (Lipinski definition) is 2. The summed E-state index contributed by atoms with van der Waals surface area (Å²) in [5.74, 6) is -1.96. The Labute approximate surface area is 116 Å². The van der Waals surface area contributed by atoms with Crippen molar-refractivity contribution in [2.24, 2.45) is 0 Å². The van der Waals surface area contributed by atoms with Gasteiger partial charge < -0.3 is 5.32 Å². The highest BCUT2D eigenvalue weighted by molar-refractivity contribution is 6.03. The predicted molar refractivity (Wildman–Crippen MR) is 62.9 cm³/mol. The number of amides is 3. The minimum atomic E-state index is -4.66. The van der Waals surface area contributed by atoms with Crippen LogP contribution in [0.1, 0.15) is 28.9 Å². The van der Waals surface area contributed by atoms with Gasteiger partial charge in [-0.05, 0) is 18.6 Å². The van der Waals surface area contributed by atoms with Crippen molar-refractivity contribution in [3.63, 3.8) is 0 Å². The third kappa shape index (κ3) is 3.56. The van der Waals surface area contributed by atoms with Crippen LogP contribution in [0.4, 0.5) is 13.2 Å². The second-order valence-electron chi connectivity index (χ2n) is 4.40. The standard InChI is InChI=1S/C12H10F3N3O3/c13-12(14,15)8-5-6(3-4-16-8)10(20)17-7-1-2-9(19)18-11(7)21/h3-5,7H,1-2H2,(H,17,20)(H,18,19,21). The van der Waals surface area contributed by atoms with Crippen LogP contribution in [0.25, 0.3) is 0 Å². The molecule has 21 heavy (non-hydrogen) atoms. The first-order valence-electron chi connectivity index (χ1n) is 5.95. The number of piperidine rings is 1. The van der Waals surface area contributed by atoms with Crippen LogP contribution in [-0.4, -0.2) is 28.7 Å². The van der Waals surface area contributed by atoms with E-state index in [2.05, 4.69) is 10.3 Å². The maximum atomic E-state index is 12.5. The highest BCUT2D eigenvalue weighted by Crippen LogP contribution is 2.27. The molecule has 0 radical (unpaired) electrons. The molecule has 6 nitrogen and oxygen atoms in total. The van der Waals surface area contributed by atoms with Crippen LogP contribution in [0.15, 0.2) is 18.3 Å². The lowest BCUT2D eigenvalue weighted by atomic mass is 10.1. The van der Waals surface area contributed by atoms with Crippen molar-refractivity contribution in [1.82, 2.24) is 15.6 Å². The van der Waals surface area contributed by atoms with Crippen molar-refractivity contribution in [2.75, 3.05) is 0 Å². The fourth-order valence-electron chi connectivity index (χ4n) is 1.80. The van der Waals surface area contributed by atoms with Gasteiger partial charge in [-0.25, -0.2) is 0 Å². The highest BCUT2D eigenvalue weighted by Gasteiger charge is 2.33. The molecule has 3 amide bonds. The molecule has 1 aromatic rings. The average molecular weight is 301 g/mol. The lowest BCUT2D eigenvalue weighted by Gasteiger charge is -2.21. The third-order valence-electron chi connectivity index (χ3n) is 2.86. The summed E-state index contributed by atoms with van der Waals surface area (Å²) in [6.07, 6.45) is -3.64. The normalized spacial score (nSPS) is 19.1. The summed E-state index contributed by atoms with van der Waals surface area (Å²) in [7, 11) is 0. The lowest BCUT2D eigenvalue weighted by molar-refractivity contribution is -0.141. The zero-order chi connectivity index (χ0) is 15.6.